The first-order valence-corrected chi connectivity index (χ1v) is 11.0. The third kappa shape index (κ3) is 7.10. The van der Waals surface area contributed by atoms with Gasteiger partial charge in [0, 0.05) is 31.9 Å². The molecule has 2 aromatic carbocycles. The number of hydrogen-bond acceptors (Lipinski definition) is 2. The van der Waals surface area contributed by atoms with E-state index in [4.69, 9.17) is 4.99 Å². The van der Waals surface area contributed by atoms with Crippen LogP contribution in [0.25, 0.3) is 0 Å². The van der Waals surface area contributed by atoms with Crippen molar-refractivity contribution in [1.29, 1.82) is 0 Å². The van der Waals surface area contributed by atoms with Gasteiger partial charge >= 0.3 is 6.03 Å². The van der Waals surface area contributed by atoms with Gasteiger partial charge < -0.3 is 20.9 Å². The molecule has 0 saturated carbocycles. The minimum absolute atomic E-state index is 0.0124. The van der Waals surface area contributed by atoms with Crippen molar-refractivity contribution in [3.05, 3.63) is 65.7 Å². The number of likely N-dealkylation sites (tertiary alicyclic amines) is 1. The number of guanidine groups is 1. The van der Waals surface area contributed by atoms with Crippen LogP contribution in [0.15, 0.2) is 59.6 Å². The summed E-state index contributed by atoms with van der Waals surface area (Å²) in [5.41, 5.74) is 3.24. The molecule has 6 nitrogen and oxygen atoms in total. The lowest BCUT2D eigenvalue weighted by Crippen LogP contribution is -2.37. The van der Waals surface area contributed by atoms with Crippen LogP contribution in [0, 0.1) is 0 Å². The van der Waals surface area contributed by atoms with E-state index in [0.717, 1.165) is 69.1 Å². The molecular formula is C24H33N5O. The van der Waals surface area contributed by atoms with Crippen molar-refractivity contribution in [2.45, 2.75) is 39.2 Å². The van der Waals surface area contributed by atoms with Crippen molar-refractivity contribution in [2.24, 2.45) is 4.99 Å². The van der Waals surface area contributed by atoms with Gasteiger partial charge in [0.2, 0.25) is 0 Å². The number of carbonyl (C=O) groups excluding carboxylic acids is 1. The number of urea groups is 1. The Morgan fingerprint density at radius 2 is 1.77 bits per heavy atom. The Hall–Kier alpha value is -3.02. The van der Waals surface area contributed by atoms with Gasteiger partial charge in [-0.15, -0.1) is 0 Å². The van der Waals surface area contributed by atoms with Crippen LogP contribution in [0.2, 0.25) is 0 Å². The molecule has 1 saturated heterocycles. The zero-order chi connectivity index (χ0) is 21.0. The molecule has 3 N–H and O–H groups in total. The Labute approximate surface area is 179 Å². The number of carbonyl (C=O) groups is 1. The molecule has 0 aromatic heterocycles. The van der Waals surface area contributed by atoms with E-state index in [9.17, 15) is 4.79 Å². The van der Waals surface area contributed by atoms with E-state index in [1.807, 2.05) is 35.2 Å². The van der Waals surface area contributed by atoms with Gasteiger partial charge in [0.25, 0.3) is 0 Å². The van der Waals surface area contributed by atoms with Crippen LogP contribution in [-0.4, -0.2) is 43.1 Å². The Balaban J connectivity index is 1.49. The highest BCUT2D eigenvalue weighted by molar-refractivity contribution is 5.89. The quantitative estimate of drug-likeness (QED) is 0.352. The summed E-state index contributed by atoms with van der Waals surface area (Å²) in [6, 6.07) is 18.4. The maximum absolute atomic E-state index is 12.3. The van der Waals surface area contributed by atoms with E-state index in [1.54, 1.807) is 0 Å². The lowest BCUT2D eigenvalue weighted by molar-refractivity contribution is 0.222. The van der Waals surface area contributed by atoms with Crippen LogP contribution in [0.3, 0.4) is 0 Å². The van der Waals surface area contributed by atoms with Gasteiger partial charge in [-0.05, 0) is 55.9 Å². The maximum atomic E-state index is 12.3. The molecule has 1 fully saturated rings. The molecule has 2 aromatic rings. The summed E-state index contributed by atoms with van der Waals surface area (Å²) in [5, 5.41) is 9.71. The van der Waals surface area contributed by atoms with Gasteiger partial charge in [0.15, 0.2) is 5.96 Å². The highest BCUT2D eigenvalue weighted by Crippen LogP contribution is 2.14. The fraction of sp³-hybridized carbons (Fsp3) is 0.417. The number of aliphatic imine (C=N–C) groups is 1. The third-order valence-electron chi connectivity index (χ3n) is 5.11. The SMILES string of the molecule is CCNC(=NCc1cccc(NC(=O)N2CCCC2)c1)NCCCc1ccccc1. The van der Waals surface area contributed by atoms with E-state index in [1.165, 1.54) is 5.56 Å². The molecule has 3 rings (SSSR count). The van der Waals surface area contributed by atoms with E-state index in [-0.39, 0.29) is 6.03 Å². The standard InChI is InChI=1S/C24H33N5O/c1-2-25-23(26-15-9-13-20-10-4-3-5-11-20)27-19-21-12-8-14-22(18-21)28-24(30)29-16-6-7-17-29/h3-5,8,10-12,14,18H,2,6-7,9,13,15-17,19H2,1H3,(H,28,30)(H2,25,26,27). The smallest absolute Gasteiger partial charge is 0.321 e. The van der Waals surface area contributed by atoms with E-state index >= 15 is 0 Å². The predicted molar refractivity (Wildman–Crippen MR) is 124 cm³/mol. The fourth-order valence-corrected chi connectivity index (χ4v) is 3.53. The van der Waals surface area contributed by atoms with Crippen molar-refractivity contribution in [1.82, 2.24) is 15.5 Å². The molecule has 1 aliphatic heterocycles. The van der Waals surface area contributed by atoms with Crippen molar-refractivity contribution in [3.8, 4) is 0 Å². The molecule has 0 unspecified atom stereocenters. The minimum Gasteiger partial charge on any atom is -0.357 e. The van der Waals surface area contributed by atoms with Gasteiger partial charge in [-0.2, -0.15) is 0 Å². The van der Waals surface area contributed by atoms with Gasteiger partial charge in [-0.1, -0.05) is 42.5 Å². The molecule has 6 heteroatoms. The Morgan fingerprint density at radius 3 is 2.53 bits per heavy atom. The second-order valence-electron chi connectivity index (χ2n) is 7.54. The van der Waals surface area contributed by atoms with Crippen LogP contribution in [0.5, 0.6) is 0 Å². The fourth-order valence-electron chi connectivity index (χ4n) is 3.53. The highest BCUT2D eigenvalue weighted by atomic mass is 16.2. The second-order valence-corrected chi connectivity index (χ2v) is 7.54. The Bertz CT molecular complexity index is 815. The largest absolute Gasteiger partial charge is 0.357 e. The minimum atomic E-state index is -0.0124. The van der Waals surface area contributed by atoms with Gasteiger partial charge in [-0.3, -0.25) is 0 Å². The monoisotopic (exact) mass is 407 g/mol. The summed E-state index contributed by atoms with van der Waals surface area (Å²) < 4.78 is 0. The van der Waals surface area contributed by atoms with Gasteiger partial charge in [-0.25, -0.2) is 9.79 Å². The Morgan fingerprint density at radius 1 is 1.00 bits per heavy atom. The van der Waals surface area contributed by atoms with Crippen molar-refractivity contribution < 1.29 is 4.79 Å². The predicted octanol–water partition coefficient (Wildman–Crippen LogP) is 4.00. The number of benzene rings is 2. The molecular weight excluding hydrogens is 374 g/mol. The zero-order valence-electron chi connectivity index (χ0n) is 17.9. The molecule has 0 atom stereocenters. The van der Waals surface area contributed by atoms with E-state index in [2.05, 4.69) is 47.1 Å². The molecule has 0 spiro atoms. The van der Waals surface area contributed by atoms with E-state index in [0.29, 0.717) is 6.54 Å². The summed E-state index contributed by atoms with van der Waals surface area (Å²) in [6.45, 7) is 6.00. The number of nitrogens with zero attached hydrogens (tertiary/aromatic N) is 2. The van der Waals surface area contributed by atoms with Crippen LogP contribution < -0.4 is 16.0 Å². The summed E-state index contributed by atoms with van der Waals surface area (Å²) in [6.07, 6.45) is 4.28. The first-order chi connectivity index (χ1) is 14.7. The zero-order valence-corrected chi connectivity index (χ0v) is 17.9. The molecule has 1 heterocycles. The summed E-state index contributed by atoms with van der Waals surface area (Å²) in [4.78, 5) is 18.9. The molecule has 30 heavy (non-hydrogen) atoms. The van der Waals surface area contributed by atoms with E-state index < -0.39 is 0 Å². The molecule has 160 valence electrons. The average molecular weight is 408 g/mol. The highest BCUT2D eigenvalue weighted by Gasteiger charge is 2.17. The van der Waals surface area contributed by atoms with Crippen LogP contribution >= 0.6 is 0 Å². The summed E-state index contributed by atoms with van der Waals surface area (Å²) in [5.74, 6) is 0.817. The van der Waals surface area contributed by atoms with Crippen LogP contribution in [-0.2, 0) is 13.0 Å². The normalized spacial score (nSPS) is 13.9. The van der Waals surface area contributed by atoms with Crippen molar-refractivity contribution >= 4 is 17.7 Å². The lowest BCUT2D eigenvalue weighted by Gasteiger charge is -2.16. The van der Waals surface area contributed by atoms with Crippen LogP contribution in [0.4, 0.5) is 10.5 Å². The molecule has 0 aliphatic carbocycles. The van der Waals surface area contributed by atoms with Gasteiger partial charge in [0.1, 0.15) is 0 Å². The third-order valence-corrected chi connectivity index (χ3v) is 5.11. The number of hydrogen-bond donors (Lipinski definition) is 3. The number of rotatable bonds is 8. The number of aryl methyl sites for hydroxylation is 1. The topological polar surface area (TPSA) is 68.8 Å². The second kappa shape index (κ2) is 11.9. The molecule has 0 bridgehead atoms. The Kier molecular flexibility index (Phi) is 8.57. The molecule has 1 aliphatic rings. The number of nitrogens with one attached hydrogen (secondary N) is 3. The summed E-state index contributed by atoms with van der Waals surface area (Å²) in [7, 11) is 0. The maximum Gasteiger partial charge on any atom is 0.321 e. The van der Waals surface area contributed by atoms with Gasteiger partial charge in [0.05, 0.1) is 6.54 Å². The summed E-state index contributed by atoms with van der Waals surface area (Å²) >= 11 is 0. The van der Waals surface area contributed by atoms with Crippen molar-refractivity contribution in [2.75, 3.05) is 31.5 Å². The van der Waals surface area contributed by atoms with Crippen molar-refractivity contribution in [3.63, 3.8) is 0 Å². The number of anilines is 1. The van der Waals surface area contributed by atoms with Crippen LogP contribution in [0.1, 0.15) is 37.3 Å². The first kappa shape index (κ1) is 21.7. The molecule has 2 amide bonds. The molecule has 0 radical (unpaired) electrons. The average Bonchev–Trinajstić information content (AvgIpc) is 3.31. The first-order valence-electron chi connectivity index (χ1n) is 11.0. The number of amides is 2. The lowest BCUT2D eigenvalue weighted by atomic mass is 10.1.